The zero-order valence-electron chi connectivity index (χ0n) is 13.2. The first-order valence-electron chi connectivity index (χ1n) is 7.65. The van der Waals surface area contributed by atoms with E-state index in [4.69, 9.17) is 9.47 Å². The number of hydrogen-bond acceptors (Lipinski definition) is 4. The summed E-state index contributed by atoms with van der Waals surface area (Å²) < 4.78 is 10.4. The molecule has 1 fully saturated rings. The molecule has 0 amide bonds. The van der Waals surface area contributed by atoms with Gasteiger partial charge in [0.1, 0.15) is 0 Å². The molecule has 114 valence electrons. The predicted octanol–water partition coefficient (Wildman–Crippen LogP) is 1.75. The number of unbranched alkanes of at least 4 members (excludes halogenated alkanes) is 1. The minimum atomic E-state index is 0.681. The van der Waals surface area contributed by atoms with Crippen LogP contribution in [-0.2, 0) is 9.47 Å². The largest absolute Gasteiger partial charge is 0.382 e. The Kier molecular flexibility index (Phi) is 8.62. The van der Waals surface area contributed by atoms with Crippen molar-refractivity contribution in [1.82, 2.24) is 10.2 Å². The molecule has 0 bridgehead atoms. The normalized spacial score (nSPS) is 28.7. The van der Waals surface area contributed by atoms with Gasteiger partial charge < -0.3 is 19.7 Å². The lowest BCUT2D eigenvalue weighted by atomic mass is 9.90. The van der Waals surface area contributed by atoms with Crippen molar-refractivity contribution in [3.8, 4) is 0 Å². The van der Waals surface area contributed by atoms with Gasteiger partial charge in [-0.25, -0.2) is 0 Å². The summed E-state index contributed by atoms with van der Waals surface area (Å²) in [7, 11) is 3.94. The monoisotopic (exact) mass is 272 g/mol. The first kappa shape index (κ1) is 16.9. The molecule has 1 heterocycles. The van der Waals surface area contributed by atoms with Gasteiger partial charge in [0.2, 0.25) is 0 Å². The summed E-state index contributed by atoms with van der Waals surface area (Å²) in [6, 6.07) is 1.38. The minimum absolute atomic E-state index is 0.681. The van der Waals surface area contributed by atoms with Crippen LogP contribution in [0, 0.1) is 5.92 Å². The highest BCUT2D eigenvalue weighted by atomic mass is 16.5. The van der Waals surface area contributed by atoms with Crippen LogP contribution >= 0.6 is 0 Å². The summed E-state index contributed by atoms with van der Waals surface area (Å²) in [5.41, 5.74) is 0. The van der Waals surface area contributed by atoms with Gasteiger partial charge in [-0.2, -0.15) is 0 Å². The number of piperidine rings is 1. The molecule has 0 saturated carbocycles. The van der Waals surface area contributed by atoms with E-state index in [1.54, 1.807) is 7.11 Å². The topological polar surface area (TPSA) is 33.7 Å². The maximum absolute atomic E-state index is 5.46. The average Bonchev–Trinajstić information content (AvgIpc) is 2.38. The predicted molar refractivity (Wildman–Crippen MR) is 79.6 cm³/mol. The summed E-state index contributed by atoms with van der Waals surface area (Å²) in [4.78, 5) is 2.46. The van der Waals surface area contributed by atoms with Crippen molar-refractivity contribution in [2.75, 3.05) is 47.1 Å². The smallest absolute Gasteiger partial charge is 0.0700 e. The first-order chi connectivity index (χ1) is 9.15. The van der Waals surface area contributed by atoms with Gasteiger partial charge in [-0.05, 0) is 45.7 Å². The summed E-state index contributed by atoms with van der Waals surface area (Å²) >= 11 is 0. The number of ether oxygens (including phenoxy) is 2. The molecule has 3 atom stereocenters. The van der Waals surface area contributed by atoms with Crippen LogP contribution in [0.2, 0.25) is 0 Å². The number of methoxy groups -OCH3 is 1. The molecule has 1 aliphatic rings. The van der Waals surface area contributed by atoms with Crippen molar-refractivity contribution in [1.29, 1.82) is 0 Å². The number of rotatable bonds is 9. The lowest BCUT2D eigenvalue weighted by molar-refractivity contribution is 0.0683. The molecule has 0 aromatic heterocycles. The molecule has 0 aromatic carbocycles. The molecule has 4 nitrogen and oxygen atoms in total. The molecule has 1 aliphatic heterocycles. The summed E-state index contributed by atoms with van der Waals surface area (Å²) in [5.74, 6) is 0.749. The Morgan fingerprint density at radius 2 is 1.95 bits per heavy atom. The van der Waals surface area contributed by atoms with E-state index in [9.17, 15) is 0 Å². The van der Waals surface area contributed by atoms with Crippen LogP contribution in [0.3, 0.4) is 0 Å². The SMILES string of the molecule is COCCOCCCCNC1CC(C)N(C)CC1C. The Morgan fingerprint density at radius 3 is 2.68 bits per heavy atom. The molecule has 1 saturated heterocycles. The summed E-state index contributed by atoms with van der Waals surface area (Å²) in [6.45, 7) is 9.26. The molecule has 0 aromatic rings. The quantitative estimate of drug-likeness (QED) is 0.648. The van der Waals surface area contributed by atoms with Crippen molar-refractivity contribution in [3.05, 3.63) is 0 Å². The maximum Gasteiger partial charge on any atom is 0.0700 e. The van der Waals surface area contributed by atoms with Gasteiger partial charge in [-0.3, -0.25) is 0 Å². The van der Waals surface area contributed by atoms with E-state index in [0.29, 0.717) is 25.3 Å². The van der Waals surface area contributed by atoms with Gasteiger partial charge in [0.05, 0.1) is 13.2 Å². The Morgan fingerprint density at radius 1 is 1.16 bits per heavy atom. The number of hydrogen-bond donors (Lipinski definition) is 1. The zero-order chi connectivity index (χ0) is 14.1. The van der Waals surface area contributed by atoms with Crippen molar-refractivity contribution in [2.24, 2.45) is 5.92 Å². The van der Waals surface area contributed by atoms with E-state index in [1.165, 1.54) is 19.4 Å². The van der Waals surface area contributed by atoms with Crippen LogP contribution in [-0.4, -0.2) is 64.1 Å². The van der Waals surface area contributed by atoms with E-state index in [0.717, 1.165) is 25.5 Å². The molecule has 3 unspecified atom stereocenters. The van der Waals surface area contributed by atoms with E-state index in [-0.39, 0.29) is 0 Å². The molecule has 1 N–H and O–H groups in total. The van der Waals surface area contributed by atoms with Gasteiger partial charge in [-0.1, -0.05) is 6.92 Å². The van der Waals surface area contributed by atoms with Gasteiger partial charge in [0.25, 0.3) is 0 Å². The van der Waals surface area contributed by atoms with Gasteiger partial charge >= 0.3 is 0 Å². The fraction of sp³-hybridized carbons (Fsp3) is 1.00. The van der Waals surface area contributed by atoms with E-state index < -0.39 is 0 Å². The molecule has 0 radical (unpaired) electrons. The third kappa shape index (κ3) is 6.70. The lowest BCUT2D eigenvalue weighted by Gasteiger charge is -2.40. The van der Waals surface area contributed by atoms with Crippen LogP contribution in [0.1, 0.15) is 33.1 Å². The Labute approximate surface area is 118 Å². The van der Waals surface area contributed by atoms with Crippen LogP contribution in [0.4, 0.5) is 0 Å². The average molecular weight is 272 g/mol. The fourth-order valence-corrected chi connectivity index (χ4v) is 2.69. The highest BCUT2D eigenvalue weighted by molar-refractivity contribution is 4.85. The molecule has 19 heavy (non-hydrogen) atoms. The fourth-order valence-electron chi connectivity index (χ4n) is 2.69. The highest BCUT2D eigenvalue weighted by Crippen LogP contribution is 2.20. The van der Waals surface area contributed by atoms with Gasteiger partial charge in [-0.15, -0.1) is 0 Å². The molecule has 0 spiro atoms. The van der Waals surface area contributed by atoms with Crippen LogP contribution in [0.5, 0.6) is 0 Å². The lowest BCUT2D eigenvalue weighted by Crippen LogP contribution is -2.51. The van der Waals surface area contributed by atoms with Gasteiger partial charge in [0, 0.05) is 32.3 Å². The van der Waals surface area contributed by atoms with Crippen molar-refractivity contribution in [3.63, 3.8) is 0 Å². The third-order valence-electron chi connectivity index (χ3n) is 4.16. The van der Waals surface area contributed by atoms with E-state index >= 15 is 0 Å². The second-order valence-electron chi connectivity index (χ2n) is 5.87. The molecule has 0 aliphatic carbocycles. The summed E-state index contributed by atoms with van der Waals surface area (Å²) in [5, 5.41) is 3.72. The van der Waals surface area contributed by atoms with Gasteiger partial charge in [0.15, 0.2) is 0 Å². The maximum atomic E-state index is 5.46. The molecular weight excluding hydrogens is 240 g/mol. The second-order valence-corrected chi connectivity index (χ2v) is 5.87. The third-order valence-corrected chi connectivity index (χ3v) is 4.16. The number of nitrogens with zero attached hydrogens (tertiary/aromatic N) is 1. The van der Waals surface area contributed by atoms with Crippen LogP contribution in [0.25, 0.3) is 0 Å². The first-order valence-corrected chi connectivity index (χ1v) is 7.65. The minimum Gasteiger partial charge on any atom is -0.382 e. The molecular formula is C15H32N2O2. The zero-order valence-corrected chi connectivity index (χ0v) is 13.2. The van der Waals surface area contributed by atoms with Crippen molar-refractivity contribution in [2.45, 2.75) is 45.2 Å². The second kappa shape index (κ2) is 9.70. The van der Waals surface area contributed by atoms with E-state index in [2.05, 4.69) is 31.1 Å². The van der Waals surface area contributed by atoms with Crippen LogP contribution < -0.4 is 5.32 Å². The molecule has 1 rings (SSSR count). The standard InChI is InChI=1S/C15H32N2O2/c1-13-12-17(3)14(2)11-15(13)16-7-5-6-8-19-10-9-18-4/h13-16H,5-12H2,1-4H3. The molecule has 4 heteroatoms. The Hall–Kier alpha value is -0.160. The summed E-state index contributed by atoms with van der Waals surface area (Å²) in [6.07, 6.45) is 3.59. The number of nitrogens with one attached hydrogen (secondary N) is 1. The van der Waals surface area contributed by atoms with Crippen molar-refractivity contribution < 1.29 is 9.47 Å². The van der Waals surface area contributed by atoms with E-state index in [1.807, 2.05) is 0 Å². The Bertz CT molecular complexity index is 226. The van der Waals surface area contributed by atoms with Crippen molar-refractivity contribution >= 4 is 0 Å². The van der Waals surface area contributed by atoms with Crippen LogP contribution in [0.15, 0.2) is 0 Å². The Balaban J connectivity index is 2.00. The number of likely N-dealkylation sites (tertiary alicyclic amines) is 1. The highest BCUT2D eigenvalue weighted by Gasteiger charge is 2.27.